The third-order valence-corrected chi connectivity index (χ3v) is 3.17. The highest BCUT2D eigenvalue weighted by atomic mass is 35.5. The number of hydrogen-bond donors (Lipinski definition) is 2. The molecule has 0 spiro atoms. The van der Waals surface area contributed by atoms with Gasteiger partial charge in [-0.1, -0.05) is 30.1 Å². The van der Waals surface area contributed by atoms with Gasteiger partial charge in [0.05, 0.1) is 12.1 Å². The maximum absolute atomic E-state index is 6.18. The Balaban J connectivity index is 2.36. The lowest BCUT2D eigenvalue weighted by molar-refractivity contribution is 0.272. The lowest BCUT2D eigenvalue weighted by atomic mass is 10.2. The van der Waals surface area contributed by atoms with Gasteiger partial charge in [0, 0.05) is 6.54 Å². The van der Waals surface area contributed by atoms with Crippen molar-refractivity contribution in [3.05, 3.63) is 10.7 Å². The monoisotopic (exact) mass is 261 g/mol. The molecule has 1 unspecified atom stereocenters. The second-order valence-electron chi connectivity index (χ2n) is 3.54. The second kappa shape index (κ2) is 4.61. The van der Waals surface area contributed by atoms with Gasteiger partial charge in [-0.15, -0.1) is 0 Å². The highest BCUT2D eigenvalue weighted by Gasteiger charge is 2.29. The highest BCUT2D eigenvalue weighted by molar-refractivity contribution is 6.73. The number of nitrogens with two attached hydrogens (primary N) is 1. The van der Waals surface area contributed by atoms with E-state index in [9.17, 15) is 0 Å². The Labute approximate surface area is 104 Å². The Kier molecular flexibility index (Phi) is 3.37. The molecule has 0 saturated heterocycles. The van der Waals surface area contributed by atoms with E-state index in [1.807, 2.05) is 6.92 Å². The van der Waals surface area contributed by atoms with Crippen molar-refractivity contribution < 1.29 is 0 Å². The third kappa shape index (κ3) is 1.90. The van der Waals surface area contributed by atoms with E-state index in [4.69, 9.17) is 29.0 Å². The summed E-state index contributed by atoms with van der Waals surface area (Å²) in [7, 11) is 0. The molecule has 2 aliphatic heterocycles. The van der Waals surface area contributed by atoms with E-state index in [-0.39, 0.29) is 6.17 Å². The Bertz CT molecular complexity index is 387. The Morgan fingerprint density at radius 1 is 1.56 bits per heavy atom. The number of rotatable bonds is 2. The molecule has 3 N–H and O–H groups in total. The van der Waals surface area contributed by atoms with Gasteiger partial charge >= 0.3 is 0 Å². The summed E-state index contributed by atoms with van der Waals surface area (Å²) in [6, 6.07) is 0. The van der Waals surface area contributed by atoms with Crippen molar-refractivity contribution in [3.63, 3.8) is 0 Å². The summed E-state index contributed by atoms with van der Waals surface area (Å²) in [5, 5.41) is 5.28. The summed E-state index contributed by atoms with van der Waals surface area (Å²) in [5.74, 6) is 6.52. The minimum absolute atomic E-state index is 0.203. The fraction of sp³-hybridized carbons (Fsp3) is 0.556. The first kappa shape index (κ1) is 11.7. The van der Waals surface area contributed by atoms with Gasteiger partial charge in [-0.05, 0) is 6.42 Å². The molecule has 2 aliphatic rings. The molecule has 5 nitrogen and oxygen atoms in total. The van der Waals surface area contributed by atoms with Crippen LogP contribution in [0.4, 0.5) is 0 Å². The van der Waals surface area contributed by atoms with E-state index < -0.39 is 0 Å². The zero-order chi connectivity index (χ0) is 11.7. The SMILES string of the molecule is CCC1N=C(Cl)C(C2=NCCN2)=C(Cl)N1N. The smallest absolute Gasteiger partial charge is 0.140 e. The molecule has 0 aromatic carbocycles. The molecule has 7 heteroatoms. The molecule has 0 amide bonds. The van der Waals surface area contributed by atoms with Gasteiger partial charge in [0.15, 0.2) is 0 Å². The topological polar surface area (TPSA) is 66.0 Å². The van der Waals surface area contributed by atoms with Crippen LogP contribution in [0.25, 0.3) is 0 Å². The first-order chi connectivity index (χ1) is 7.65. The van der Waals surface area contributed by atoms with Crippen LogP contribution in [0.3, 0.4) is 0 Å². The zero-order valence-electron chi connectivity index (χ0n) is 8.87. The van der Waals surface area contributed by atoms with E-state index in [1.165, 1.54) is 5.01 Å². The molecule has 1 atom stereocenters. The molecule has 88 valence electrons. The number of nitrogens with zero attached hydrogens (tertiary/aromatic N) is 3. The highest BCUT2D eigenvalue weighted by Crippen LogP contribution is 2.26. The van der Waals surface area contributed by atoms with Crippen LogP contribution in [0.15, 0.2) is 20.7 Å². The summed E-state index contributed by atoms with van der Waals surface area (Å²) >= 11 is 12.3. The van der Waals surface area contributed by atoms with Crippen molar-refractivity contribution in [2.45, 2.75) is 19.5 Å². The van der Waals surface area contributed by atoms with Gasteiger partial charge in [0.2, 0.25) is 0 Å². The molecule has 0 aliphatic carbocycles. The van der Waals surface area contributed by atoms with E-state index in [2.05, 4.69) is 15.3 Å². The summed E-state index contributed by atoms with van der Waals surface area (Å²) in [6.45, 7) is 3.47. The van der Waals surface area contributed by atoms with E-state index in [1.54, 1.807) is 0 Å². The van der Waals surface area contributed by atoms with Crippen LogP contribution in [0, 0.1) is 0 Å². The maximum Gasteiger partial charge on any atom is 0.140 e. The van der Waals surface area contributed by atoms with Crippen LogP contribution >= 0.6 is 23.2 Å². The summed E-state index contributed by atoms with van der Waals surface area (Å²) in [4.78, 5) is 8.54. The number of halogens is 2. The molecule has 0 fully saturated rings. The van der Waals surface area contributed by atoms with Gasteiger partial charge in [0.25, 0.3) is 0 Å². The van der Waals surface area contributed by atoms with Crippen LogP contribution in [0.5, 0.6) is 0 Å². The van der Waals surface area contributed by atoms with Crippen molar-refractivity contribution in [1.82, 2.24) is 10.3 Å². The number of hydrogen-bond acceptors (Lipinski definition) is 5. The van der Waals surface area contributed by atoms with E-state index in [0.29, 0.717) is 21.7 Å². The van der Waals surface area contributed by atoms with Crippen molar-refractivity contribution in [2.75, 3.05) is 13.1 Å². The number of amidine groups is 1. The van der Waals surface area contributed by atoms with E-state index >= 15 is 0 Å². The molecule has 0 aromatic heterocycles. The summed E-state index contributed by atoms with van der Waals surface area (Å²) in [5.41, 5.74) is 0.591. The Hall–Kier alpha value is -0.780. The fourth-order valence-electron chi connectivity index (χ4n) is 1.65. The van der Waals surface area contributed by atoms with Crippen molar-refractivity contribution in [1.29, 1.82) is 0 Å². The normalized spacial score (nSPS) is 25.5. The first-order valence-corrected chi connectivity index (χ1v) is 5.86. The van der Waals surface area contributed by atoms with Crippen LogP contribution in [-0.4, -0.2) is 35.3 Å². The largest absolute Gasteiger partial charge is 0.368 e. The maximum atomic E-state index is 6.18. The van der Waals surface area contributed by atoms with Gasteiger partial charge in [-0.2, -0.15) is 0 Å². The van der Waals surface area contributed by atoms with Crippen LogP contribution in [-0.2, 0) is 0 Å². The predicted molar refractivity (Wildman–Crippen MR) is 66.6 cm³/mol. The molecule has 0 bridgehead atoms. The molecule has 0 aromatic rings. The van der Waals surface area contributed by atoms with Gasteiger partial charge in [-0.3, -0.25) is 10.0 Å². The molecule has 0 saturated carbocycles. The molecular weight excluding hydrogens is 249 g/mol. The molecule has 2 rings (SSSR count). The second-order valence-corrected chi connectivity index (χ2v) is 4.25. The standard InChI is InChI=1S/C9H13Cl2N5/c1-2-5-15-7(10)6(8(11)16(5)12)9-13-3-4-14-9/h5H,2-4,12H2,1H3,(H,13,14). The number of nitrogens with one attached hydrogen (secondary N) is 1. The first-order valence-electron chi connectivity index (χ1n) is 5.11. The molecule has 2 heterocycles. The summed E-state index contributed by atoms with van der Waals surface area (Å²) < 4.78 is 0. The van der Waals surface area contributed by atoms with Crippen molar-refractivity contribution in [3.8, 4) is 0 Å². The predicted octanol–water partition coefficient (Wildman–Crippen LogP) is 1.00. The van der Waals surface area contributed by atoms with Crippen molar-refractivity contribution in [2.24, 2.45) is 15.8 Å². The quantitative estimate of drug-likeness (QED) is 0.576. The van der Waals surface area contributed by atoms with Crippen LogP contribution in [0.1, 0.15) is 13.3 Å². The average molecular weight is 262 g/mol. The van der Waals surface area contributed by atoms with Gasteiger partial charge in [0.1, 0.15) is 22.3 Å². The van der Waals surface area contributed by atoms with Crippen LogP contribution < -0.4 is 11.2 Å². The minimum atomic E-state index is -0.203. The van der Waals surface area contributed by atoms with E-state index in [0.717, 1.165) is 19.5 Å². The number of aliphatic imine (C=N–C) groups is 2. The average Bonchev–Trinajstić information content (AvgIpc) is 2.77. The number of hydrazine groups is 1. The zero-order valence-corrected chi connectivity index (χ0v) is 10.4. The Morgan fingerprint density at radius 2 is 2.31 bits per heavy atom. The van der Waals surface area contributed by atoms with Crippen molar-refractivity contribution >= 4 is 34.2 Å². The summed E-state index contributed by atoms with van der Waals surface area (Å²) in [6.07, 6.45) is 0.543. The molecule has 16 heavy (non-hydrogen) atoms. The third-order valence-electron chi connectivity index (χ3n) is 2.50. The van der Waals surface area contributed by atoms with Gasteiger partial charge < -0.3 is 5.32 Å². The molecule has 0 radical (unpaired) electrons. The van der Waals surface area contributed by atoms with Gasteiger partial charge in [-0.25, -0.2) is 10.8 Å². The minimum Gasteiger partial charge on any atom is -0.368 e. The lowest BCUT2D eigenvalue weighted by Gasteiger charge is -2.30. The lowest BCUT2D eigenvalue weighted by Crippen LogP contribution is -2.43. The molecular formula is C9H13Cl2N5. The Morgan fingerprint density at radius 3 is 2.88 bits per heavy atom. The fourth-order valence-corrected chi connectivity index (χ4v) is 2.28. The van der Waals surface area contributed by atoms with Crippen LogP contribution in [0.2, 0.25) is 0 Å².